The van der Waals surface area contributed by atoms with Crippen molar-refractivity contribution >= 4 is 76.6 Å². The number of imide groups is 1. The molecule has 2 saturated heterocycles. The zero-order valence-electron chi connectivity index (χ0n) is 55.9. The number of Topliss-reactive ketones (excluding diaryl/α,β-unsaturated/α-hetero) is 3. The van der Waals surface area contributed by atoms with Crippen LogP contribution in [0.1, 0.15) is 178 Å². The number of nitrogens with zero attached hydrogens (tertiary/aromatic N) is 4. The van der Waals surface area contributed by atoms with Crippen molar-refractivity contribution in [3.8, 4) is 0 Å². The maximum Gasteiger partial charge on any atom is 0.312 e. The number of thioether (sulfide) groups is 1. The van der Waals surface area contributed by atoms with Crippen LogP contribution in [0.3, 0.4) is 0 Å². The van der Waals surface area contributed by atoms with Gasteiger partial charge in [0.2, 0.25) is 35.4 Å². The van der Waals surface area contributed by atoms with Gasteiger partial charge in [-0.1, -0.05) is 119 Å². The second-order valence-corrected chi connectivity index (χ2v) is 27.2. The number of ketones is 3. The van der Waals surface area contributed by atoms with Gasteiger partial charge in [0, 0.05) is 97.8 Å². The zero-order valence-corrected chi connectivity index (χ0v) is 56.7. The number of likely N-dealkylation sites (N-methyl/N-ethyl adjacent to an activating group) is 2. The van der Waals surface area contributed by atoms with Crippen molar-refractivity contribution in [2.45, 2.75) is 220 Å². The molecule has 12 atom stereocenters. The van der Waals surface area contributed by atoms with E-state index in [1.54, 1.807) is 51.5 Å². The Kier molecular flexibility index (Phi) is 33.8. The van der Waals surface area contributed by atoms with Gasteiger partial charge in [0.1, 0.15) is 5.78 Å². The third-order valence-electron chi connectivity index (χ3n) is 18.2. The second kappa shape index (κ2) is 38.8. The van der Waals surface area contributed by atoms with Crippen LogP contribution in [0, 0.1) is 47.3 Å². The lowest BCUT2D eigenvalue weighted by molar-refractivity contribution is -0.150. The monoisotopic (exact) mass is 1270 g/mol. The second-order valence-electron chi connectivity index (χ2n) is 25.8. The first-order valence-electron chi connectivity index (χ1n) is 32.6. The number of ether oxygens (including phenoxy) is 2. The standard InChI is InChI=1S/C67H109N7O14S/c1-15-17-34-89-55-40-58(80)74(65(55)83)32-23-19-22-30-56(78)70-59(42(5)6)52(76)36-47(28-24-31-69-67(68)86)63(81)71(11)60(43(7)8)53(77)38-49(41(3)4)64(82)72(12)61(44(9)16-2)54(87-13)39-57(79)73-33-25-29-50(73)62(88-14)45(10)51(75)37-48(66(84)85)35-46-26-20-18-21-27-46/h18,20-21,26-27,41-45,47-50,54-55,59-62H,15-17,19,22-25,28-40H2,1-14H3,(H,70,78)(H,84,85)(H3,68,69,86)/t44-,45-,47+,48+,49-,50-,54+,55?,59-,60-,61-,62+/m0/s1. The van der Waals surface area contributed by atoms with Gasteiger partial charge in [-0.2, -0.15) is 0 Å². The number of nitrogens with one attached hydrogen (secondary N) is 2. The summed E-state index contributed by atoms with van der Waals surface area (Å²) in [6.45, 7) is 19.5. The van der Waals surface area contributed by atoms with Gasteiger partial charge in [-0.05, 0) is 86.4 Å². The van der Waals surface area contributed by atoms with Crippen LogP contribution >= 0.6 is 11.8 Å². The number of carboxylic acids is 1. The SMILES string of the molecule is CCCCSC1CC(=O)N(CCCCCC(=O)N[C@H](C(=O)C[C@@H](CCCNC(N)=O)C(=O)N(C)[C@H](C(=O)C[C@H](C(=O)N(C)[C@@H]([C@@H](C)CC)[C@@H](CC(=O)N2CCC[C@H]2[C@H](OC)[C@@H](C)C(=O)C[C@@H](Cc2ccccc2)C(=O)O)OC)C(C)C)C(C)C)C(C)C)C1=O. The van der Waals surface area contributed by atoms with Crippen molar-refractivity contribution in [1.29, 1.82) is 0 Å². The summed E-state index contributed by atoms with van der Waals surface area (Å²) in [6, 6.07) is 5.34. The first-order chi connectivity index (χ1) is 42.1. The van der Waals surface area contributed by atoms with Gasteiger partial charge in [-0.15, -0.1) is 11.8 Å². The van der Waals surface area contributed by atoms with Crippen molar-refractivity contribution in [3.63, 3.8) is 0 Å². The largest absolute Gasteiger partial charge is 0.481 e. The fraction of sp³-hybridized carbons (Fsp3) is 0.746. The molecule has 8 amide bonds. The van der Waals surface area contributed by atoms with E-state index < -0.39 is 83.9 Å². The Morgan fingerprint density at radius 1 is 0.764 bits per heavy atom. The van der Waals surface area contributed by atoms with Crippen LogP contribution in [-0.2, 0) is 63.8 Å². The molecule has 0 aliphatic carbocycles. The molecule has 3 rings (SSSR count). The van der Waals surface area contributed by atoms with Gasteiger partial charge in [0.15, 0.2) is 11.6 Å². The molecule has 89 heavy (non-hydrogen) atoms. The summed E-state index contributed by atoms with van der Waals surface area (Å²) < 4.78 is 12.1. The van der Waals surface area contributed by atoms with E-state index in [1.807, 2.05) is 58.0 Å². The van der Waals surface area contributed by atoms with E-state index >= 15 is 4.79 Å². The maximum absolute atomic E-state index is 15.0. The predicted molar refractivity (Wildman–Crippen MR) is 344 cm³/mol. The molecule has 2 aliphatic rings. The number of unbranched alkanes of at least 4 members (excludes halogenated alkanes) is 3. The molecule has 2 fully saturated rings. The highest BCUT2D eigenvalue weighted by Crippen LogP contribution is 2.33. The van der Waals surface area contributed by atoms with E-state index in [2.05, 4.69) is 17.6 Å². The Morgan fingerprint density at radius 2 is 1.43 bits per heavy atom. The summed E-state index contributed by atoms with van der Waals surface area (Å²) in [5, 5.41) is 15.2. The molecule has 22 heteroatoms. The van der Waals surface area contributed by atoms with Gasteiger partial charge in [0.05, 0.1) is 54.0 Å². The van der Waals surface area contributed by atoms with Gasteiger partial charge in [-0.3, -0.25) is 52.8 Å². The highest BCUT2D eigenvalue weighted by Gasteiger charge is 2.45. The lowest BCUT2D eigenvalue weighted by Gasteiger charge is -2.41. The van der Waals surface area contributed by atoms with Crippen molar-refractivity contribution in [3.05, 3.63) is 35.9 Å². The molecule has 0 aromatic heterocycles. The quantitative estimate of drug-likeness (QED) is 0.0357. The van der Waals surface area contributed by atoms with Crippen LogP contribution in [0.4, 0.5) is 4.79 Å². The Labute approximate surface area is 534 Å². The van der Waals surface area contributed by atoms with E-state index in [0.717, 1.165) is 24.2 Å². The zero-order chi connectivity index (χ0) is 66.8. The number of hydrogen-bond donors (Lipinski definition) is 4. The van der Waals surface area contributed by atoms with Crippen molar-refractivity contribution < 1.29 is 67.3 Å². The third-order valence-corrected chi connectivity index (χ3v) is 19.5. The minimum absolute atomic E-state index is 0.105. The van der Waals surface area contributed by atoms with Crippen LogP contribution < -0.4 is 16.4 Å². The lowest BCUT2D eigenvalue weighted by Crippen LogP contribution is -2.54. The number of rotatable bonds is 43. The van der Waals surface area contributed by atoms with E-state index in [4.69, 9.17) is 15.2 Å². The molecule has 502 valence electrons. The summed E-state index contributed by atoms with van der Waals surface area (Å²) in [4.78, 5) is 156. The van der Waals surface area contributed by atoms with Crippen molar-refractivity contribution in [1.82, 2.24) is 30.2 Å². The number of nitrogens with two attached hydrogens (primary N) is 1. The molecular weight excluding hydrogens is 1160 g/mol. The summed E-state index contributed by atoms with van der Waals surface area (Å²) in [5.74, 6) is -7.80. The minimum atomic E-state index is -1.07. The van der Waals surface area contributed by atoms with Crippen molar-refractivity contribution in [2.24, 2.45) is 53.1 Å². The van der Waals surface area contributed by atoms with Gasteiger partial charge < -0.3 is 45.6 Å². The highest BCUT2D eigenvalue weighted by molar-refractivity contribution is 8.00. The fourth-order valence-corrected chi connectivity index (χ4v) is 14.1. The third kappa shape index (κ3) is 23.5. The smallest absolute Gasteiger partial charge is 0.312 e. The van der Waals surface area contributed by atoms with Gasteiger partial charge >= 0.3 is 12.0 Å². The molecule has 5 N–H and O–H groups in total. The minimum Gasteiger partial charge on any atom is -0.481 e. The number of carboxylic acid groups (broad SMARTS) is 1. The van der Waals surface area contributed by atoms with Crippen LogP contribution in [0.25, 0.3) is 0 Å². The van der Waals surface area contributed by atoms with Gasteiger partial charge in [0.25, 0.3) is 0 Å². The number of amides is 8. The predicted octanol–water partition coefficient (Wildman–Crippen LogP) is 7.91. The first-order valence-corrected chi connectivity index (χ1v) is 33.6. The summed E-state index contributed by atoms with van der Waals surface area (Å²) in [6.07, 6.45) is 4.01. The Morgan fingerprint density at radius 3 is 2.00 bits per heavy atom. The number of hydrogen-bond acceptors (Lipinski definition) is 14. The van der Waals surface area contributed by atoms with Crippen LogP contribution in [0.15, 0.2) is 30.3 Å². The molecule has 1 aromatic rings. The molecule has 2 aliphatic heterocycles. The molecule has 21 nitrogen and oxygen atoms in total. The van der Waals surface area contributed by atoms with Crippen LogP contribution in [0.2, 0.25) is 0 Å². The van der Waals surface area contributed by atoms with E-state index in [0.29, 0.717) is 45.1 Å². The number of methoxy groups -OCH3 is 2. The molecule has 0 bridgehead atoms. The Hall–Kier alpha value is -5.74. The number of aliphatic carboxylic acids is 1. The van der Waals surface area contributed by atoms with Crippen LogP contribution in [0.5, 0.6) is 0 Å². The molecule has 1 aromatic carbocycles. The maximum atomic E-state index is 15.0. The van der Waals surface area contributed by atoms with E-state index in [1.165, 1.54) is 42.8 Å². The fourth-order valence-electron chi connectivity index (χ4n) is 12.8. The number of carbonyl (C=O) groups excluding carboxylic acids is 10. The Bertz CT molecular complexity index is 2500. The number of primary amides is 1. The molecule has 0 spiro atoms. The number of urea groups is 1. The average Bonchev–Trinajstić information content (AvgIpc) is 2.13. The summed E-state index contributed by atoms with van der Waals surface area (Å²) in [5.41, 5.74) is 6.15. The van der Waals surface area contributed by atoms with E-state index in [9.17, 15) is 53.1 Å². The topological polar surface area (TPSA) is 290 Å². The number of carbonyl (C=O) groups is 11. The van der Waals surface area contributed by atoms with E-state index in [-0.39, 0.29) is 141 Å². The summed E-state index contributed by atoms with van der Waals surface area (Å²) in [7, 11) is 6.17. The average molecular weight is 1270 g/mol. The normalized spacial score (nSPS) is 18.6. The van der Waals surface area contributed by atoms with Gasteiger partial charge in [-0.25, -0.2) is 4.79 Å². The molecule has 0 radical (unpaired) electrons. The Balaban J connectivity index is 1.77. The lowest BCUT2D eigenvalue weighted by atomic mass is 9.83. The first kappa shape index (κ1) is 77.5. The molecule has 1 unspecified atom stereocenters. The molecule has 2 heterocycles. The highest BCUT2D eigenvalue weighted by atomic mass is 32.2. The van der Waals surface area contributed by atoms with Crippen molar-refractivity contribution in [2.75, 3.05) is 53.7 Å². The number of benzene rings is 1. The summed E-state index contributed by atoms with van der Waals surface area (Å²) >= 11 is 1.53. The molecule has 0 saturated carbocycles. The number of likely N-dealkylation sites (tertiary alicyclic amines) is 2. The van der Waals surface area contributed by atoms with Crippen LogP contribution in [-0.4, -0.2) is 185 Å². The molecular formula is C67H109N7O14S.